The number of carbonyl (C=O) groups excluding carboxylic acids is 2. The van der Waals surface area contributed by atoms with Gasteiger partial charge in [0.2, 0.25) is 0 Å². The zero-order chi connectivity index (χ0) is 27.9. The van der Waals surface area contributed by atoms with Crippen molar-refractivity contribution in [3.8, 4) is 0 Å². The van der Waals surface area contributed by atoms with Crippen LogP contribution in [-0.2, 0) is 43.2 Å². The van der Waals surface area contributed by atoms with Crippen LogP contribution >= 0.6 is 0 Å². The highest BCUT2D eigenvalue weighted by molar-refractivity contribution is 5.81. The van der Waals surface area contributed by atoms with Crippen molar-refractivity contribution in [2.75, 3.05) is 25.2 Å². The number of esters is 2. The van der Waals surface area contributed by atoms with Gasteiger partial charge < -0.3 is 19.1 Å². The number of rotatable bonds is 16. The fourth-order valence-electron chi connectivity index (χ4n) is 4.11. The summed E-state index contributed by atoms with van der Waals surface area (Å²) >= 11 is 0. The average molecular weight is 528 g/mol. The van der Waals surface area contributed by atoms with Crippen LogP contribution in [0.4, 0.5) is 17.1 Å². The molecular weight excluding hydrogens is 490 g/mol. The minimum atomic E-state index is -0.446. The lowest BCUT2D eigenvalue weighted by molar-refractivity contribution is -0.139. The van der Waals surface area contributed by atoms with Crippen molar-refractivity contribution in [1.29, 1.82) is 0 Å². The average Bonchev–Trinajstić information content (AvgIpc) is 2.98. The van der Waals surface area contributed by atoms with Gasteiger partial charge in [-0.2, -0.15) is 0 Å². The van der Waals surface area contributed by atoms with Crippen molar-refractivity contribution in [3.63, 3.8) is 0 Å². The van der Waals surface area contributed by atoms with Crippen molar-refractivity contribution in [2.45, 2.75) is 38.7 Å². The smallest absolute Gasteiger partial charge is 0.330 e. The first-order valence-electron chi connectivity index (χ1n) is 13.2. The molecule has 0 aliphatic rings. The third-order valence-electron chi connectivity index (χ3n) is 6.25. The Labute approximate surface area is 231 Å². The molecule has 0 fully saturated rings. The van der Waals surface area contributed by atoms with Gasteiger partial charge in [-0.15, -0.1) is 0 Å². The lowest BCUT2D eigenvalue weighted by atomic mass is 10.1. The number of ether oxygens (including phenoxy) is 3. The molecule has 3 aromatic carbocycles. The van der Waals surface area contributed by atoms with Crippen LogP contribution in [0.2, 0.25) is 0 Å². The van der Waals surface area contributed by atoms with Crippen LogP contribution in [0.1, 0.15) is 36.0 Å². The molecule has 0 saturated carbocycles. The van der Waals surface area contributed by atoms with Gasteiger partial charge in [0, 0.05) is 49.4 Å². The van der Waals surface area contributed by atoms with E-state index in [-0.39, 0.29) is 6.61 Å². The van der Waals surface area contributed by atoms with Gasteiger partial charge in [0.25, 0.3) is 0 Å². The summed E-state index contributed by atoms with van der Waals surface area (Å²) in [7, 11) is 1.74. The van der Waals surface area contributed by atoms with E-state index in [4.69, 9.17) is 14.2 Å². The molecule has 3 rings (SSSR count). The van der Waals surface area contributed by atoms with Crippen LogP contribution < -0.4 is 4.90 Å². The van der Waals surface area contributed by atoms with Gasteiger partial charge in [0.1, 0.15) is 6.61 Å². The molecule has 0 unspecified atom stereocenters. The third kappa shape index (κ3) is 9.58. The topological polar surface area (TPSA) is 65.1 Å². The first-order chi connectivity index (χ1) is 19.0. The van der Waals surface area contributed by atoms with Crippen LogP contribution in [0.5, 0.6) is 0 Å². The maximum Gasteiger partial charge on any atom is 0.330 e. The van der Waals surface area contributed by atoms with E-state index in [1.807, 2.05) is 36.4 Å². The molecule has 204 valence electrons. The second-order valence-corrected chi connectivity index (χ2v) is 9.07. The number of benzene rings is 3. The maximum atomic E-state index is 11.4. The minimum Gasteiger partial charge on any atom is -0.462 e. The van der Waals surface area contributed by atoms with Gasteiger partial charge in [-0.1, -0.05) is 56.0 Å². The largest absolute Gasteiger partial charge is 0.462 e. The van der Waals surface area contributed by atoms with E-state index in [1.165, 1.54) is 11.6 Å². The Kier molecular flexibility index (Phi) is 12.0. The lowest BCUT2D eigenvalue weighted by Gasteiger charge is -2.26. The number of nitrogens with zero attached hydrogens (tertiary/aromatic N) is 1. The Bertz CT molecular complexity index is 1200. The second kappa shape index (κ2) is 15.9. The number of aryl methyl sites for hydroxylation is 1. The van der Waals surface area contributed by atoms with Gasteiger partial charge in [-0.3, -0.25) is 0 Å². The highest BCUT2D eigenvalue weighted by atomic mass is 16.5. The third-order valence-corrected chi connectivity index (χ3v) is 6.25. The van der Waals surface area contributed by atoms with E-state index >= 15 is 0 Å². The molecule has 0 aliphatic carbocycles. The van der Waals surface area contributed by atoms with Crippen LogP contribution in [-0.4, -0.2) is 32.3 Å². The number of unbranched alkanes of at least 4 members (excludes halogenated alkanes) is 2. The van der Waals surface area contributed by atoms with E-state index < -0.39 is 11.9 Å². The standard InChI is InChI=1S/C33H37NO5/c1-4-32(35)38-24-22-27-12-18-30(19-13-27)34(31-20-14-28(15-21-31)25-39-33(36)5-2)29-16-10-26(11-17-29)9-7-6-8-23-37-3/h4-5,10-21H,1-2,6-9,22-25H2,3H3. The Morgan fingerprint density at radius 1 is 0.641 bits per heavy atom. The van der Waals surface area contributed by atoms with E-state index in [1.54, 1.807) is 7.11 Å². The normalized spacial score (nSPS) is 10.5. The molecule has 0 spiro atoms. The number of anilines is 3. The molecule has 0 N–H and O–H groups in total. The molecule has 0 amide bonds. The van der Waals surface area contributed by atoms with Crippen LogP contribution in [0.15, 0.2) is 98.1 Å². The molecule has 6 heteroatoms. The predicted molar refractivity (Wildman–Crippen MR) is 155 cm³/mol. The highest BCUT2D eigenvalue weighted by Gasteiger charge is 2.13. The van der Waals surface area contributed by atoms with Crippen molar-refractivity contribution in [2.24, 2.45) is 0 Å². The van der Waals surface area contributed by atoms with Crippen molar-refractivity contribution in [1.82, 2.24) is 0 Å². The molecule has 0 aromatic heterocycles. The highest BCUT2D eigenvalue weighted by Crippen LogP contribution is 2.35. The summed E-state index contributed by atoms with van der Waals surface area (Å²) in [5.41, 5.74) is 6.28. The van der Waals surface area contributed by atoms with Gasteiger partial charge in [-0.05, 0) is 72.4 Å². The zero-order valence-corrected chi connectivity index (χ0v) is 22.6. The SMILES string of the molecule is C=CC(=O)OCCc1ccc(N(c2ccc(CCCCCOC)cc2)c2ccc(COC(=O)C=C)cc2)cc1. The molecule has 0 bridgehead atoms. The molecule has 39 heavy (non-hydrogen) atoms. The number of methoxy groups -OCH3 is 1. The van der Waals surface area contributed by atoms with E-state index in [2.05, 4.69) is 54.5 Å². The maximum absolute atomic E-state index is 11.4. The summed E-state index contributed by atoms with van der Waals surface area (Å²) in [6, 6.07) is 24.8. The first-order valence-corrected chi connectivity index (χ1v) is 13.2. The molecule has 3 aromatic rings. The Hall–Kier alpha value is -4.16. The minimum absolute atomic E-state index is 0.190. The summed E-state index contributed by atoms with van der Waals surface area (Å²) in [6.45, 7) is 8.16. The van der Waals surface area contributed by atoms with Crippen molar-refractivity contribution >= 4 is 29.0 Å². The first kappa shape index (κ1) is 29.4. The molecule has 0 saturated heterocycles. The number of hydrogen-bond acceptors (Lipinski definition) is 6. The van der Waals surface area contributed by atoms with Crippen molar-refractivity contribution < 1.29 is 23.8 Å². The second-order valence-electron chi connectivity index (χ2n) is 9.07. The molecule has 6 nitrogen and oxygen atoms in total. The molecular formula is C33H37NO5. The summed E-state index contributed by atoms with van der Waals surface area (Å²) in [4.78, 5) is 24.9. The Balaban J connectivity index is 1.78. The van der Waals surface area contributed by atoms with Crippen molar-refractivity contribution in [3.05, 3.63) is 115 Å². The van der Waals surface area contributed by atoms with Gasteiger partial charge in [0.05, 0.1) is 6.61 Å². The molecule has 0 atom stereocenters. The van der Waals surface area contributed by atoms with Gasteiger partial charge in [-0.25, -0.2) is 9.59 Å². The number of carbonyl (C=O) groups is 2. The fourth-order valence-corrected chi connectivity index (χ4v) is 4.11. The summed E-state index contributed by atoms with van der Waals surface area (Å²) < 4.78 is 15.4. The van der Waals surface area contributed by atoms with E-state index in [0.29, 0.717) is 13.0 Å². The summed E-state index contributed by atoms with van der Waals surface area (Å²) in [6.07, 6.45) is 7.35. The summed E-state index contributed by atoms with van der Waals surface area (Å²) in [5.74, 6) is -0.863. The van der Waals surface area contributed by atoms with Gasteiger partial charge in [0.15, 0.2) is 0 Å². The fraction of sp³-hybridized carbons (Fsp3) is 0.273. The zero-order valence-electron chi connectivity index (χ0n) is 22.6. The van der Waals surface area contributed by atoms with Crippen LogP contribution in [0, 0.1) is 0 Å². The van der Waals surface area contributed by atoms with E-state index in [0.717, 1.165) is 66.6 Å². The molecule has 0 heterocycles. The van der Waals surface area contributed by atoms with Crippen LogP contribution in [0.3, 0.4) is 0 Å². The summed E-state index contributed by atoms with van der Waals surface area (Å²) in [5, 5.41) is 0. The lowest BCUT2D eigenvalue weighted by Crippen LogP contribution is -2.10. The monoisotopic (exact) mass is 527 g/mol. The van der Waals surface area contributed by atoms with Crippen LogP contribution in [0.25, 0.3) is 0 Å². The number of hydrogen-bond donors (Lipinski definition) is 0. The Morgan fingerprint density at radius 3 is 1.64 bits per heavy atom. The van der Waals surface area contributed by atoms with E-state index in [9.17, 15) is 9.59 Å². The molecule has 0 aliphatic heterocycles. The quantitative estimate of drug-likeness (QED) is 0.113. The molecule has 0 radical (unpaired) electrons. The predicted octanol–water partition coefficient (Wildman–Crippen LogP) is 7.02. The Morgan fingerprint density at radius 2 is 1.13 bits per heavy atom. The van der Waals surface area contributed by atoms with Gasteiger partial charge >= 0.3 is 11.9 Å².